The summed E-state index contributed by atoms with van der Waals surface area (Å²) in [6.07, 6.45) is 0. The van der Waals surface area contributed by atoms with E-state index < -0.39 is 11.3 Å². The van der Waals surface area contributed by atoms with Crippen LogP contribution in [0, 0.1) is 0 Å². The van der Waals surface area contributed by atoms with Gasteiger partial charge in [-0.2, -0.15) is 0 Å². The lowest BCUT2D eigenvalue weighted by Gasteiger charge is -2.21. The lowest BCUT2D eigenvalue weighted by atomic mass is 10.2. The van der Waals surface area contributed by atoms with Crippen LogP contribution < -0.4 is 21.1 Å². The molecule has 34 heavy (non-hydrogen) atoms. The summed E-state index contributed by atoms with van der Waals surface area (Å²) in [4.78, 5) is 30.5. The molecule has 0 aliphatic heterocycles. The van der Waals surface area contributed by atoms with Crippen LogP contribution in [-0.2, 0) is 0 Å². The van der Waals surface area contributed by atoms with E-state index in [1.807, 2.05) is 48.5 Å². The monoisotopic (exact) mass is 496 g/mol. The summed E-state index contributed by atoms with van der Waals surface area (Å²) in [5.41, 5.74) is 2.31. The zero-order valence-electron chi connectivity index (χ0n) is 19.8. The summed E-state index contributed by atoms with van der Waals surface area (Å²) in [5, 5.41) is 1.68. The molecule has 178 valence electrons. The number of nitrogens with zero attached hydrogens (tertiary/aromatic N) is 2. The van der Waals surface area contributed by atoms with E-state index in [-0.39, 0.29) is 0 Å². The van der Waals surface area contributed by atoms with Crippen LogP contribution in [0.2, 0.25) is 0 Å². The van der Waals surface area contributed by atoms with E-state index >= 15 is 0 Å². The van der Waals surface area contributed by atoms with Gasteiger partial charge in [0.1, 0.15) is 21.0 Å². The van der Waals surface area contributed by atoms with Crippen molar-refractivity contribution < 1.29 is 8.83 Å². The van der Waals surface area contributed by atoms with Crippen LogP contribution in [0.4, 0.5) is 11.4 Å². The fraction of sp³-hybridized carbons (Fsp3) is 0.308. The van der Waals surface area contributed by atoms with Gasteiger partial charge in [-0.3, -0.25) is 0 Å². The summed E-state index contributed by atoms with van der Waals surface area (Å²) in [6.45, 7) is 11.9. The summed E-state index contributed by atoms with van der Waals surface area (Å²) in [5.74, 6) is 0. The SMILES string of the molecule is CCN(CC)c1ccc2cc(SSc3cc4ccc(N(CC)CC)cc4oc3=O)c(=O)oc2c1. The molecule has 4 aromatic rings. The third-order valence-electron chi connectivity index (χ3n) is 5.85. The lowest BCUT2D eigenvalue weighted by Crippen LogP contribution is -2.21. The van der Waals surface area contributed by atoms with Crippen molar-refractivity contribution in [3.8, 4) is 0 Å². The molecular weight excluding hydrogens is 468 g/mol. The largest absolute Gasteiger partial charge is 0.422 e. The Kier molecular flexibility index (Phi) is 7.58. The first-order valence-electron chi connectivity index (χ1n) is 11.5. The van der Waals surface area contributed by atoms with E-state index in [4.69, 9.17) is 8.83 Å². The first-order valence-corrected chi connectivity index (χ1v) is 13.6. The Morgan fingerprint density at radius 2 is 1.00 bits per heavy atom. The average molecular weight is 497 g/mol. The van der Waals surface area contributed by atoms with Gasteiger partial charge in [0.15, 0.2) is 0 Å². The first kappa shape index (κ1) is 24.3. The second kappa shape index (κ2) is 10.6. The Balaban J connectivity index is 1.58. The van der Waals surface area contributed by atoms with Crippen LogP contribution in [0.1, 0.15) is 27.7 Å². The lowest BCUT2D eigenvalue weighted by molar-refractivity contribution is 0.543. The molecule has 0 N–H and O–H groups in total. The van der Waals surface area contributed by atoms with E-state index in [2.05, 4.69) is 37.5 Å². The number of hydrogen-bond acceptors (Lipinski definition) is 8. The van der Waals surface area contributed by atoms with Gasteiger partial charge in [0, 0.05) is 60.5 Å². The highest BCUT2D eigenvalue weighted by molar-refractivity contribution is 8.76. The summed E-state index contributed by atoms with van der Waals surface area (Å²) in [7, 11) is 2.41. The first-order chi connectivity index (χ1) is 16.5. The zero-order valence-corrected chi connectivity index (χ0v) is 21.4. The minimum absolute atomic E-state index is 0.421. The van der Waals surface area contributed by atoms with Gasteiger partial charge >= 0.3 is 11.3 Å². The minimum Gasteiger partial charge on any atom is -0.422 e. The van der Waals surface area contributed by atoms with Crippen molar-refractivity contribution in [1.82, 2.24) is 0 Å². The van der Waals surface area contributed by atoms with E-state index in [0.717, 1.165) is 48.3 Å². The summed E-state index contributed by atoms with van der Waals surface area (Å²) in [6, 6.07) is 15.4. The van der Waals surface area contributed by atoms with Crippen molar-refractivity contribution in [2.75, 3.05) is 36.0 Å². The maximum Gasteiger partial charge on any atom is 0.350 e. The molecule has 0 unspecified atom stereocenters. The molecule has 2 aromatic heterocycles. The van der Waals surface area contributed by atoms with Crippen molar-refractivity contribution in [2.45, 2.75) is 37.5 Å². The minimum atomic E-state index is -0.421. The Morgan fingerprint density at radius 1 is 0.618 bits per heavy atom. The standard InChI is InChI=1S/C26H28N2O4S2/c1-5-27(6-2)19-11-9-17-13-23(25(29)31-21(17)15-19)33-34-24-14-18-10-12-20(28(7-3)8-4)16-22(18)32-26(24)30/h9-16H,5-8H2,1-4H3. The van der Waals surface area contributed by atoms with Crippen LogP contribution in [0.3, 0.4) is 0 Å². The second-order valence-electron chi connectivity index (χ2n) is 7.75. The molecule has 0 bridgehead atoms. The van der Waals surface area contributed by atoms with Crippen LogP contribution in [0.15, 0.2) is 76.7 Å². The molecular formula is C26H28N2O4S2. The van der Waals surface area contributed by atoms with Crippen LogP contribution in [0.25, 0.3) is 21.9 Å². The zero-order chi connectivity index (χ0) is 24.2. The van der Waals surface area contributed by atoms with Gasteiger partial charge in [0.2, 0.25) is 0 Å². The van der Waals surface area contributed by atoms with E-state index in [9.17, 15) is 9.59 Å². The maximum absolute atomic E-state index is 12.6. The predicted octanol–water partition coefficient (Wildman–Crippen LogP) is 6.39. The van der Waals surface area contributed by atoms with E-state index in [1.54, 1.807) is 0 Å². The number of benzene rings is 2. The van der Waals surface area contributed by atoms with Crippen molar-refractivity contribution >= 4 is 54.9 Å². The molecule has 2 heterocycles. The number of anilines is 2. The highest BCUT2D eigenvalue weighted by Gasteiger charge is 2.13. The molecule has 4 rings (SSSR count). The van der Waals surface area contributed by atoms with Crippen LogP contribution >= 0.6 is 21.6 Å². The normalized spacial score (nSPS) is 11.3. The number of rotatable bonds is 9. The van der Waals surface area contributed by atoms with Gasteiger partial charge in [0.05, 0.1) is 0 Å². The Labute approximate surface area is 206 Å². The Bertz CT molecular complexity index is 1310. The summed E-state index contributed by atoms with van der Waals surface area (Å²) < 4.78 is 11.2. The topological polar surface area (TPSA) is 66.9 Å². The molecule has 0 saturated heterocycles. The smallest absolute Gasteiger partial charge is 0.350 e. The predicted molar refractivity (Wildman–Crippen MR) is 144 cm³/mol. The van der Waals surface area contributed by atoms with Crippen molar-refractivity contribution in [3.05, 3.63) is 69.4 Å². The van der Waals surface area contributed by atoms with Crippen molar-refractivity contribution in [1.29, 1.82) is 0 Å². The number of hydrogen-bond donors (Lipinski definition) is 0. The fourth-order valence-corrected chi connectivity index (χ4v) is 5.92. The third kappa shape index (κ3) is 4.98. The van der Waals surface area contributed by atoms with Crippen LogP contribution in [0.5, 0.6) is 0 Å². The van der Waals surface area contributed by atoms with Crippen molar-refractivity contribution in [2.24, 2.45) is 0 Å². The molecule has 0 fully saturated rings. The molecule has 0 saturated carbocycles. The molecule has 2 aromatic carbocycles. The van der Waals surface area contributed by atoms with E-state index in [1.165, 1.54) is 21.6 Å². The molecule has 0 aliphatic rings. The highest BCUT2D eigenvalue weighted by atomic mass is 33.1. The Morgan fingerprint density at radius 3 is 1.35 bits per heavy atom. The molecule has 0 spiro atoms. The van der Waals surface area contributed by atoms with Gasteiger partial charge < -0.3 is 18.6 Å². The van der Waals surface area contributed by atoms with Crippen LogP contribution in [-0.4, -0.2) is 26.2 Å². The van der Waals surface area contributed by atoms with Gasteiger partial charge in [-0.1, -0.05) is 0 Å². The Hall–Kier alpha value is -2.84. The van der Waals surface area contributed by atoms with Gasteiger partial charge in [-0.15, -0.1) is 0 Å². The summed E-state index contributed by atoms with van der Waals surface area (Å²) >= 11 is 0. The second-order valence-corrected chi connectivity index (χ2v) is 9.96. The molecule has 0 atom stereocenters. The van der Waals surface area contributed by atoms with Gasteiger partial charge in [-0.05, 0) is 85.7 Å². The van der Waals surface area contributed by atoms with Gasteiger partial charge in [-0.25, -0.2) is 9.59 Å². The fourth-order valence-electron chi connectivity index (χ4n) is 3.94. The molecule has 0 aliphatic carbocycles. The van der Waals surface area contributed by atoms with E-state index in [0.29, 0.717) is 21.0 Å². The molecule has 0 radical (unpaired) electrons. The molecule has 0 amide bonds. The highest BCUT2D eigenvalue weighted by Crippen LogP contribution is 2.37. The van der Waals surface area contributed by atoms with Gasteiger partial charge in [0.25, 0.3) is 0 Å². The average Bonchev–Trinajstić information content (AvgIpc) is 2.84. The molecule has 6 nitrogen and oxygen atoms in total. The molecule has 8 heteroatoms. The van der Waals surface area contributed by atoms with Crippen molar-refractivity contribution in [3.63, 3.8) is 0 Å². The third-order valence-corrected chi connectivity index (χ3v) is 8.19. The number of fused-ring (bicyclic) bond motifs is 2. The maximum atomic E-state index is 12.6. The quantitative estimate of drug-likeness (QED) is 0.195.